The highest BCUT2D eigenvalue weighted by Gasteiger charge is 2.26. The number of ketones is 1. The summed E-state index contributed by atoms with van der Waals surface area (Å²) in [5.74, 6) is -0.312. The number of hydrogen-bond acceptors (Lipinski definition) is 9. The summed E-state index contributed by atoms with van der Waals surface area (Å²) in [6.07, 6.45) is 0.974. The molecule has 0 bridgehead atoms. The maximum Gasteiger partial charge on any atom is 0.408 e. The molecule has 0 aliphatic carbocycles. The fourth-order valence-electron chi connectivity index (χ4n) is 3.85. The zero-order valence-electron chi connectivity index (χ0n) is 24.5. The monoisotopic (exact) mass is 618 g/mol. The van der Waals surface area contributed by atoms with E-state index in [1.807, 2.05) is 0 Å². The molecule has 0 spiro atoms. The molecule has 2 aromatic heterocycles. The van der Waals surface area contributed by atoms with E-state index in [0.29, 0.717) is 38.4 Å². The molecular weight excluding hydrogens is 583 g/mol. The minimum Gasteiger partial charge on any atom is -0.460 e. The molecule has 0 radical (unpaired) electrons. The quantitative estimate of drug-likeness (QED) is 0.216. The average Bonchev–Trinajstić information content (AvgIpc) is 3.34. The van der Waals surface area contributed by atoms with Gasteiger partial charge < -0.3 is 24.6 Å². The Balaban J connectivity index is 1.63. The molecule has 2 heterocycles. The summed E-state index contributed by atoms with van der Waals surface area (Å²) >= 11 is 12.6. The van der Waals surface area contributed by atoms with Gasteiger partial charge in [-0.25, -0.2) is 4.79 Å². The Morgan fingerprint density at radius 1 is 0.929 bits per heavy atom. The van der Waals surface area contributed by atoms with Crippen LogP contribution in [-0.2, 0) is 19.1 Å². The van der Waals surface area contributed by atoms with Gasteiger partial charge in [-0.3, -0.25) is 14.6 Å². The molecule has 1 aromatic carbocycles. The Kier molecular flexibility index (Phi) is 11.0. The number of aromatic nitrogens is 2. The number of rotatable bonds is 11. The summed E-state index contributed by atoms with van der Waals surface area (Å²) < 4.78 is 16.1. The molecule has 0 saturated carbocycles. The summed E-state index contributed by atoms with van der Waals surface area (Å²) in [6.45, 7) is 10.7. The molecule has 3 rings (SSSR count). The van der Waals surface area contributed by atoms with Gasteiger partial charge in [-0.1, -0.05) is 34.4 Å². The first-order valence-corrected chi connectivity index (χ1v) is 14.2. The first kappa shape index (κ1) is 32.9. The van der Waals surface area contributed by atoms with Crippen molar-refractivity contribution in [2.75, 3.05) is 11.9 Å². The zero-order chi connectivity index (χ0) is 31.1. The van der Waals surface area contributed by atoms with Crippen molar-refractivity contribution in [2.45, 2.75) is 78.0 Å². The predicted molar refractivity (Wildman–Crippen MR) is 162 cm³/mol. The van der Waals surface area contributed by atoms with E-state index in [0.717, 1.165) is 0 Å². The summed E-state index contributed by atoms with van der Waals surface area (Å²) in [7, 11) is 0. The number of ether oxygens (including phenoxy) is 2. The molecule has 0 aliphatic heterocycles. The SMILES string of the molecule is CC(C)(C)OC(=O)CC[C@@H](NC(=O)OC(C)(C)C)C(=O)CCNc1ccnc(-c2cc(-c3c(Cl)cccc3Cl)no2)c1. The third kappa shape index (κ3) is 10.3. The number of carbonyl (C=O) groups is 3. The van der Waals surface area contributed by atoms with E-state index in [4.69, 9.17) is 37.2 Å². The fraction of sp³-hybridized carbons (Fsp3) is 0.433. The van der Waals surface area contributed by atoms with Gasteiger partial charge in [0, 0.05) is 42.9 Å². The number of nitrogens with one attached hydrogen (secondary N) is 2. The first-order valence-electron chi connectivity index (χ1n) is 13.5. The zero-order valence-corrected chi connectivity index (χ0v) is 26.1. The second-order valence-electron chi connectivity index (χ2n) is 11.6. The number of nitrogens with zero attached hydrogens (tertiary/aromatic N) is 2. The number of anilines is 1. The molecule has 0 unspecified atom stereocenters. The van der Waals surface area contributed by atoms with Crippen LogP contribution >= 0.6 is 23.2 Å². The lowest BCUT2D eigenvalue weighted by Crippen LogP contribution is -2.44. The standard InChI is InChI=1S/C30H36Cl2N4O6/c1-29(2,3)40-26(38)11-10-21(35-28(39)41-30(4,5)6)24(37)13-15-33-18-12-14-34-22(16-18)25-17-23(36-42-25)27-19(31)8-7-9-20(27)32/h7-9,12,14,16-17,21H,10-11,13,15H2,1-6H3,(H,33,34)(H,35,39)/t21-/m1/s1. The van der Waals surface area contributed by atoms with Crippen LogP contribution in [0.5, 0.6) is 0 Å². The Morgan fingerprint density at radius 3 is 2.24 bits per heavy atom. The molecule has 226 valence electrons. The number of benzene rings is 1. The van der Waals surface area contributed by atoms with E-state index >= 15 is 0 Å². The molecule has 1 atom stereocenters. The number of alkyl carbamates (subject to hydrolysis) is 1. The molecule has 1 amide bonds. The van der Waals surface area contributed by atoms with Crippen molar-refractivity contribution in [3.63, 3.8) is 0 Å². The molecule has 0 aliphatic rings. The number of amides is 1. The molecule has 12 heteroatoms. The number of esters is 1. The van der Waals surface area contributed by atoms with Gasteiger partial charge in [0.15, 0.2) is 11.5 Å². The van der Waals surface area contributed by atoms with Crippen LogP contribution in [0, 0.1) is 0 Å². The summed E-state index contributed by atoms with van der Waals surface area (Å²) in [6, 6.07) is 9.44. The maximum atomic E-state index is 13.1. The van der Waals surface area contributed by atoms with Crippen LogP contribution in [-0.4, -0.2) is 51.8 Å². The minimum absolute atomic E-state index is 0.0385. The van der Waals surface area contributed by atoms with E-state index in [2.05, 4.69) is 20.8 Å². The van der Waals surface area contributed by atoms with Crippen molar-refractivity contribution in [3.05, 3.63) is 52.6 Å². The van der Waals surface area contributed by atoms with Gasteiger partial charge >= 0.3 is 12.1 Å². The molecule has 3 aromatic rings. The van der Waals surface area contributed by atoms with Gasteiger partial charge in [-0.05, 0) is 72.2 Å². The molecule has 2 N–H and O–H groups in total. The topological polar surface area (TPSA) is 133 Å². The van der Waals surface area contributed by atoms with Crippen molar-refractivity contribution >= 4 is 46.7 Å². The number of pyridine rings is 1. The molecule has 0 saturated heterocycles. The van der Waals surface area contributed by atoms with Crippen LogP contribution in [0.25, 0.3) is 22.7 Å². The van der Waals surface area contributed by atoms with E-state index in [9.17, 15) is 14.4 Å². The van der Waals surface area contributed by atoms with Crippen molar-refractivity contribution in [1.29, 1.82) is 0 Å². The van der Waals surface area contributed by atoms with Gasteiger partial charge in [0.05, 0.1) is 16.1 Å². The molecular formula is C30H36Cl2N4O6. The lowest BCUT2D eigenvalue weighted by atomic mass is 10.0. The third-order valence-electron chi connectivity index (χ3n) is 5.58. The van der Waals surface area contributed by atoms with Crippen molar-refractivity contribution < 1.29 is 28.4 Å². The number of hydrogen-bond donors (Lipinski definition) is 2. The third-order valence-corrected chi connectivity index (χ3v) is 6.21. The Bertz CT molecular complexity index is 1390. The molecule has 10 nitrogen and oxygen atoms in total. The molecule has 0 fully saturated rings. The summed E-state index contributed by atoms with van der Waals surface area (Å²) in [5, 5.41) is 10.8. The lowest BCUT2D eigenvalue weighted by molar-refractivity contribution is -0.155. The molecule has 42 heavy (non-hydrogen) atoms. The van der Waals surface area contributed by atoms with Gasteiger partial charge in [-0.15, -0.1) is 0 Å². The predicted octanol–water partition coefficient (Wildman–Crippen LogP) is 7.10. The number of halogens is 2. The van der Waals surface area contributed by atoms with Crippen LogP contribution in [0.4, 0.5) is 10.5 Å². The summed E-state index contributed by atoms with van der Waals surface area (Å²) in [5.41, 5.74) is 0.832. The van der Waals surface area contributed by atoms with Crippen molar-refractivity contribution in [3.8, 4) is 22.7 Å². The smallest absolute Gasteiger partial charge is 0.408 e. The van der Waals surface area contributed by atoms with Crippen LogP contribution in [0.1, 0.15) is 60.8 Å². The van der Waals surface area contributed by atoms with E-state index in [-0.39, 0.29) is 31.6 Å². The summed E-state index contributed by atoms with van der Waals surface area (Å²) in [4.78, 5) is 42.1. The van der Waals surface area contributed by atoms with E-state index in [1.165, 1.54) is 0 Å². The second kappa shape index (κ2) is 14.0. The van der Waals surface area contributed by atoms with Crippen LogP contribution < -0.4 is 10.6 Å². The van der Waals surface area contributed by atoms with Gasteiger partial charge in [0.2, 0.25) is 0 Å². The van der Waals surface area contributed by atoms with Gasteiger partial charge in [0.1, 0.15) is 22.6 Å². The number of carbonyl (C=O) groups excluding carboxylic acids is 3. The Hall–Kier alpha value is -3.63. The van der Waals surface area contributed by atoms with E-state index in [1.54, 1.807) is 84.1 Å². The van der Waals surface area contributed by atoms with Gasteiger partial charge in [-0.2, -0.15) is 0 Å². The average molecular weight is 620 g/mol. The first-order chi connectivity index (χ1) is 19.6. The van der Waals surface area contributed by atoms with E-state index < -0.39 is 29.3 Å². The minimum atomic E-state index is -0.925. The van der Waals surface area contributed by atoms with Crippen LogP contribution in [0.2, 0.25) is 10.0 Å². The normalized spacial score (nSPS) is 12.4. The van der Waals surface area contributed by atoms with Crippen LogP contribution in [0.15, 0.2) is 47.1 Å². The van der Waals surface area contributed by atoms with Crippen LogP contribution in [0.3, 0.4) is 0 Å². The number of Topliss-reactive ketones (excluding diaryl/α,β-unsaturated/α-hetero) is 1. The lowest BCUT2D eigenvalue weighted by Gasteiger charge is -2.24. The van der Waals surface area contributed by atoms with Crippen molar-refractivity contribution in [2.24, 2.45) is 0 Å². The highest BCUT2D eigenvalue weighted by Crippen LogP contribution is 2.35. The van der Waals surface area contributed by atoms with Gasteiger partial charge in [0.25, 0.3) is 0 Å². The fourth-order valence-corrected chi connectivity index (χ4v) is 4.45. The Morgan fingerprint density at radius 2 is 1.60 bits per heavy atom. The largest absolute Gasteiger partial charge is 0.460 e. The maximum absolute atomic E-state index is 13.1. The highest BCUT2D eigenvalue weighted by atomic mass is 35.5. The van der Waals surface area contributed by atoms with Crippen molar-refractivity contribution in [1.82, 2.24) is 15.5 Å². The highest BCUT2D eigenvalue weighted by molar-refractivity contribution is 6.39. The second-order valence-corrected chi connectivity index (χ2v) is 12.4. The Labute approximate surface area is 255 Å².